The smallest absolute Gasteiger partial charge is 0.225 e. The SMILES string of the molecule is NS(=O)(=O)C1=CSSC1. The number of hydrogen-bond donors (Lipinski definition) is 1. The first kappa shape index (κ1) is 7.46. The van der Waals surface area contributed by atoms with Gasteiger partial charge in [-0.3, -0.25) is 0 Å². The van der Waals surface area contributed by atoms with E-state index >= 15 is 0 Å². The standard InChI is InChI=1S/C3H5NO2S3/c4-9(5,6)3-1-7-8-2-3/h1H,2H2,(H2,4,5,6). The van der Waals surface area contributed by atoms with Crippen molar-refractivity contribution in [2.24, 2.45) is 5.14 Å². The molecule has 1 aliphatic heterocycles. The van der Waals surface area contributed by atoms with E-state index in [9.17, 15) is 8.42 Å². The molecule has 0 saturated heterocycles. The molecule has 6 heteroatoms. The highest BCUT2D eigenvalue weighted by molar-refractivity contribution is 8.78. The van der Waals surface area contributed by atoms with E-state index in [-0.39, 0.29) is 0 Å². The number of sulfonamides is 1. The zero-order valence-electron chi connectivity index (χ0n) is 4.40. The summed E-state index contributed by atoms with van der Waals surface area (Å²) in [5.41, 5.74) is 0. The van der Waals surface area contributed by atoms with E-state index in [4.69, 9.17) is 5.14 Å². The molecule has 0 unspecified atom stereocenters. The molecule has 1 aliphatic rings. The van der Waals surface area contributed by atoms with Gasteiger partial charge in [0.15, 0.2) is 0 Å². The summed E-state index contributed by atoms with van der Waals surface area (Å²) in [5, 5.41) is 6.39. The van der Waals surface area contributed by atoms with Crippen molar-refractivity contribution in [3.8, 4) is 0 Å². The predicted octanol–water partition coefficient (Wildman–Crippen LogP) is 0.511. The van der Waals surface area contributed by atoms with Gasteiger partial charge in [-0.05, 0) is 5.41 Å². The highest BCUT2D eigenvalue weighted by Crippen LogP contribution is 2.34. The molecule has 0 spiro atoms. The van der Waals surface area contributed by atoms with Gasteiger partial charge in [-0.2, -0.15) is 0 Å². The Bertz CT molecular complexity index is 229. The van der Waals surface area contributed by atoms with Gasteiger partial charge in [0.05, 0.1) is 4.91 Å². The number of nitrogens with two attached hydrogens (primary N) is 1. The van der Waals surface area contributed by atoms with E-state index in [2.05, 4.69) is 0 Å². The fourth-order valence-electron chi connectivity index (χ4n) is 0.363. The molecule has 0 aliphatic carbocycles. The number of rotatable bonds is 1. The molecule has 1 heterocycles. The van der Waals surface area contributed by atoms with Crippen molar-refractivity contribution in [1.82, 2.24) is 0 Å². The van der Waals surface area contributed by atoms with Crippen molar-refractivity contribution in [3.05, 3.63) is 10.3 Å². The van der Waals surface area contributed by atoms with Gasteiger partial charge in [0, 0.05) is 5.75 Å². The Morgan fingerprint density at radius 3 is 2.56 bits per heavy atom. The third-order valence-electron chi connectivity index (χ3n) is 0.814. The van der Waals surface area contributed by atoms with Crippen molar-refractivity contribution >= 4 is 31.6 Å². The van der Waals surface area contributed by atoms with Crippen LogP contribution in [0.3, 0.4) is 0 Å². The summed E-state index contributed by atoms with van der Waals surface area (Å²) in [4.78, 5) is 0.331. The zero-order valence-corrected chi connectivity index (χ0v) is 6.85. The van der Waals surface area contributed by atoms with Crippen LogP contribution in [0.5, 0.6) is 0 Å². The molecule has 0 aromatic carbocycles. The fraction of sp³-hybridized carbons (Fsp3) is 0.333. The van der Waals surface area contributed by atoms with Crippen molar-refractivity contribution in [2.75, 3.05) is 5.75 Å². The van der Waals surface area contributed by atoms with E-state index in [0.717, 1.165) is 0 Å². The van der Waals surface area contributed by atoms with Gasteiger partial charge in [0.1, 0.15) is 0 Å². The molecule has 2 N–H and O–H groups in total. The zero-order chi connectivity index (χ0) is 6.91. The molecule has 0 aromatic heterocycles. The van der Waals surface area contributed by atoms with Gasteiger partial charge in [-0.1, -0.05) is 21.6 Å². The molecule has 0 atom stereocenters. The Morgan fingerprint density at radius 1 is 1.67 bits per heavy atom. The first-order valence-electron chi connectivity index (χ1n) is 2.11. The second-order valence-electron chi connectivity index (χ2n) is 1.49. The maximum Gasteiger partial charge on any atom is 0.235 e. The second kappa shape index (κ2) is 2.53. The molecule has 0 saturated carbocycles. The largest absolute Gasteiger partial charge is 0.235 e. The summed E-state index contributed by atoms with van der Waals surface area (Å²) in [5.74, 6) is 0.503. The topological polar surface area (TPSA) is 60.2 Å². The molecule has 1 rings (SSSR count). The molecular formula is C3H5NO2S3. The van der Waals surface area contributed by atoms with Crippen LogP contribution in [-0.4, -0.2) is 14.2 Å². The van der Waals surface area contributed by atoms with Crippen LogP contribution in [0.25, 0.3) is 0 Å². The molecular weight excluding hydrogens is 178 g/mol. The van der Waals surface area contributed by atoms with Gasteiger partial charge in [0.2, 0.25) is 10.0 Å². The van der Waals surface area contributed by atoms with Crippen LogP contribution in [0.2, 0.25) is 0 Å². The molecule has 0 radical (unpaired) electrons. The van der Waals surface area contributed by atoms with Crippen molar-refractivity contribution in [1.29, 1.82) is 0 Å². The van der Waals surface area contributed by atoms with Crippen LogP contribution in [0.1, 0.15) is 0 Å². The van der Waals surface area contributed by atoms with E-state index < -0.39 is 10.0 Å². The minimum absolute atomic E-state index is 0.331. The molecule has 3 nitrogen and oxygen atoms in total. The summed E-state index contributed by atoms with van der Waals surface area (Å²) >= 11 is 0. The molecule has 0 bridgehead atoms. The second-order valence-corrected chi connectivity index (χ2v) is 5.34. The normalized spacial score (nSPS) is 19.9. The third kappa shape index (κ3) is 1.89. The predicted molar refractivity (Wildman–Crippen MR) is 41.2 cm³/mol. The minimum atomic E-state index is -3.38. The Hall–Kier alpha value is 0.350. The summed E-state index contributed by atoms with van der Waals surface area (Å²) in [7, 11) is -0.505. The highest BCUT2D eigenvalue weighted by Gasteiger charge is 2.15. The van der Waals surface area contributed by atoms with Gasteiger partial charge in [-0.15, -0.1) is 0 Å². The Morgan fingerprint density at radius 2 is 2.33 bits per heavy atom. The average molecular weight is 183 g/mol. The van der Waals surface area contributed by atoms with Gasteiger partial charge in [0.25, 0.3) is 0 Å². The Labute approximate surface area is 61.5 Å². The summed E-state index contributed by atoms with van der Waals surface area (Å²) in [6, 6.07) is 0. The maximum absolute atomic E-state index is 10.5. The molecule has 52 valence electrons. The third-order valence-corrected chi connectivity index (χ3v) is 4.14. The van der Waals surface area contributed by atoms with Gasteiger partial charge < -0.3 is 0 Å². The van der Waals surface area contributed by atoms with Crippen LogP contribution in [-0.2, 0) is 10.0 Å². The highest BCUT2D eigenvalue weighted by atomic mass is 33.1. The first-order chi connectivity index (χ1) is 4.11. The monoisotopic (exact) mass is 183 g/mol. The van der Waals surface area contributed by atoms with E-state index in [1.54, 1.807) is 5.41 Å². The molecule has 0 amide bonds. The van der Waals surface area contributed by atoms with E-state index in [1.165, 1.54) is 21.6 Å². The Kier molecular flexibility index (Phi) is 2.10. The molecule has 0 fully saturated rings. The lowest BCUT2D eigenvalue weighted by Crippen LogP contribution is -2.14. The minimum Gasteiger partial charge on any atom is -0.225 e. The lowest BCUT2D eigenvalue weighted by Gasteiger charge is -1.92. The van der Waals surface area contributed by atoms with Crippen molar-refractivity contribution < 1.29 is 8.42 Å². The Balaban J connectivity index is 2.87. The van der Waals surface area contributed by atoms with Crippen molar-refractivity contribution in [2.45, 2.75) is 0 Å². The van der Waals surface area contributed by atoms with Crippen molar-refractivity contribution in [3.63, 3.8) is 0 Å². The van der Waals surface area contributed by atoms with Crippen LogP contribution in [0, 0.1) is 0 Å². The lowest BCUT2D eigenvalue weighted by molar-refractivity contribution is 0.604. The van der Waals surface area contributed by atoms with Gasteiger partial charge in [-0.25, -0.2) is 13.6 Å². The average Bonchev–Trinajstić information content (AvgIpc) is 2.08. The summed E-state index contributed by atoms with van der Waals surface area (Å²) in [6.45, 7) is 0. The summed E-state index contributed by atoms with van der Waals surface area (Å²) < 4.78 is 21.0. The first-order valence-corrected chi connectivity index (χ1v) is 6.03. The van der Waals surface area contributed by atoms with E-state index in [1.807, 2.05) is 0 Å². The van der Waals surface area contributed by atoms with E-state index in [0.29, 0.717) is 10.7 Å². The summed E-state index contributed by atoms with van der Waals surface area (Å²) in [6.07, 6.45) is 0. The van der Waals surface area contributed by atoms with Crippen LogP contribution >= 0.6 is 21.6 Å². The molecule has 9 heavy (non-hydrogen) atoms. The molecule has 0 aromatic rings. The number of primary sulfonamides is 1. The van der Waals surface area contributed by atoms with Crippen LogP contribution in [0.15, 0.2) is 10.3 Å². The maximum atomic E-state index is 10.5. The van der Waals surface area contributed by atoms with Gasteiger partial charge >= 0.3 is 0 Å². The number of hydrogen-bond acceptors (Lipinski definition) is 4. The fourth-order valence-corrected chi connectivity index (χ4v) is 4.05. The van der Waals surface area contributed by atoms with Crippen LogP contribution < -0.4 is 5.14 Å². The lowest BCUT2D eigenvalue weighted by atomic mass is 10.7. The van der Waals surface area contributed by atoms with Crippen LogP contribution in [0.4, 0.5) is 0 Å². The quantitative estimate of drug-likeness (QED) is 0.602.